The number of amides is 13. The molecule has 30 N–H and O–H groups in total. The van der Waals surface area contributed by atoms with Crippen LogP contribution in [0.15, 0.2) is 122 Å². The van der Waals surface area contributed by atoms with E-state index in [0.29, 0.717) is 123 Å². The van der Waals surface area contributed by atoms with Crippen molar-refractivity contribution in [1.29, 1.82) is 0 Å². The lowest BCUT2D eigenvalue weighted by molar-refractivity contribution is -0.136. The first-order chi connectivity index (χ1) is 59.8. The number of hydrogen-bond acceptors (Lipinski definition) is 19. The van der Waals surface area contributed by atoms with Gasteiger partial charge in [0, 0.05) is 101 Å². The van der Waals surface area contributed by atoms with E-state index in [1.807, 2.05) is 91.0 Å². The number of carbonyl (C=O) groups is 13. The molecular formula is C88H127N23O13. The first kappa shape index (κ1) is 97.4. The molecule has 0 aliphatic heterocycles. The van der Waals surface area contributed by atoms with Crippen molar-refractivity contribution in [2.45, 2.75) is 235 Å². The number of aromatic amines is 4. The molecule has 0 bridgehead atoms. The van der Waals surface area contributed by atoms with Gasteiger partial charge in [0.2, 0.25) is 76.8 Å². The van der Waals surface area contributed by atoms with E-state index < -0.39 is 149 Å². The van der Waals surface area contributed by atoms with Crippen molar-refractivity contribution in [3.05, 3.63) is 144 Å². The lowest BCUT2D eigenvalue weighted by Gasteiger charge is -2.28. The van der Waals surface area contributed by atoms with E-state index in [-0.39, 0.29) is 90.4 Å². The van der Waals surface area contributed by atoms with Crippen LogP contribution in [-0.2, 0) is 88.0 Å². The lowest BCUT2D eigenvalue weighted by atomic mass is 10.00. The van der Waals surface area contributed by atoms with E-state index >= 15 is 24.0 Å². The third kappa shape index (κ3) is 29.6. The maximum Gasteiger partial charge on any atom is 0.243 e. The van der Waals surface area contributed by atoms with Crippen LogP contribution in [-0.4, -0.2) is 208 Å². The van der Waals surface area contributed by atoms with Crippen molar-refractivity contribution in [3.8, 4) is 0 Å². The second kappa shape index (κ2) is 50.5. The fourth-order valence-electron chi connectivity index (χ4n) is 15.0. The van der Waals surface area contributed by atoms with E-state index in [9.17, 15) is 38.4 Å². The summed E-state index contributed by atoms with van der Waals surface area (Å²) >= 11 is 0. The van der Waals surface area contributed by atoms with Gasteiger partial charge in [-0.05, 0) is 215 Å². The molecule has 0 unspecified atom stereocenters. The number of nitrogens with one attached hydrogen (secondary N) is 16. The molecule has 0 aliphatic rings. The Bertz CT molecular complexity index is 4870. The average molecular weight is 1720 g/mol. The second-order valence-electron chi connectivity index (χ2n) is 31.6. The highest BCUT2D eigenvalue weighted by atomic mass is 16.2. The smallest absolute Gasteiger partial charge is 0.243 e. The van der Waals surface area contributed by atoms with Crippen LogP contribution in [0.5, 0.6) is 0 Å². The molecule has 13 amide bonds. The van der Waals surface area contributed by atoms with Crippen LogP contribution in [0.25, 0.3) is 43.6 Å². The Labute approximate surface area is 721 Å². The molecule has 4 aromatic heterocycles. The zero-order valence-corrected chi connectivity index (χ0v) is 71.1. The van der Waals surface area contributed by atoms with Crippen LogP contribution >= 0.6 is 0 Å². The summed E-state index contributed by atoms with van der Waals surface area (Å²) in [7, 11) is 0. The van der Waals surface area contributed by atoms with Crippen molar-refractivity contribution in [2.24, 2.45) is 40.1 Å². The van der Waals surface area contributed by atoms with Crippen molar-refractivity contribution >= 4 is 120 Å². The molecule has 36 heteroatoms. The van der Waals surface area contributed by atoms with Gasteiger partial charge in [-0.15, -0.1) is 0 Å². The zero-order valence-electron chi connectivity index (χ0n) is 71.1. The second-order valence-corrected chi connectivity index (χ2v) is 31.6. The molecule has 0 spiro atoms. The van der Waals surface area contributed by atoms with Crippen molar-refractivity contribution < 1.29 is 62.3 Å². The van der Waals surface area contributed by atoms with Gasteiger partial charge < -0.3 is 124 Å². The number of hydrogen-bond donors (Lipinski definition) is 23. The fourth-order valence-corrected chi connectivity index (χ4v) is 15.0. The molecule has 4 aromatic carbocycles. The summed E-state index contributed by atoms with van der Waals surface area (Å²) in [5, 5.41) is 36.4. The maximum atomic E-state index is 15.4. The molecule has 12 atom stereocenters. The van der Waals surface area contributed by atoms with Crippen molar-refractivity contribution in [3.63, 3.8) is 0 Å². The number of para-hydroxylation sites is 4. The van der Waals surface area contributed by atoms with Gasteiger partial charge in [0.15, 0.2) is 0 Å². The third-order valence-electron chi connectivity index (χ3n) is 22.0. The summed E-state index contributed by atoms with van der Waals surface area (Å²) in [4.78, 5) is 200. The summed E-state index contributed by atoms with van der Waals surface area (Å²) in [5.41, 5.74) is 46.4. The lowest BCUT2D eigenvalue weighted by Crippen LogP contribution is -2.61. The number of aromatic nitrogens is 4. The largest absolute Gasteiger partial charge is 0.368 e. The van der Waals surface area contributed by atoms with Gasteiger partial charge in [0.05, 0.1) is 0 Å². The van der Waals surface area contributed by atoms with E-state index in [1.54, 1.807) is 30.9 Å². The number of benzene rings is 4. The minimum atomic E-state index is -1.47. The SMILES string of the molecule is CC(=O)N[C@@H](CCCCN)C(=O)N[C@@H](Cc1c[nH]c2ccccc12)C(=O)N[C@@H](C)C(=O)N[C@@H](CCCCN)C(=O)N[C@@H](CCCCN)C(=O)N[C@@H](Cc1c[nH]c2ccccc12)C(=O)N[C@@H](C)C(=O)N[C@@H](CCCCN)C(=O)N[C@@H](Cc1c[nH]c2ccccc12)C(=O)N[C@@H](Cc1c[nH]c2ccccc12)C(=O)N[C@@H](CCCCN)C(=O)N[C@@H](CCCCN)C(N)=O. The average Bonchev–Trinajstić information content (AvgIpc) is 1.75. The molecule has 0 saturated heterocycles. The van der Waals surface area contributed by atoms with Gasteiger partial charge in [0.25, 0.3) is 0 Å². The zero-order chi connectivity index (χ0) is 89.6. The molecule has 8 rings (SSSR count). The Hall–Kier alpha value is -12.1. The Kier molecular flexibility index (Phi) is 39.6. The maximum absolute atomic E-state index is 15.4. The number of rotatable bonds is 56. The highest BCUT2D eigenvalue weighted by Gasteiger charge is 2.38. The number of carbonyl (C=O) groups excluding carboxylic acids is 13. The molecule has 672 valence electrons. The number of unbranched alkanes of at least 4 members (excludes halogenated alkanes) is 6. The minimum Gasteiger partial charge on any atom is -0.368 e. The third-order valence-corrected chi connectivity index (χ3v) is 22.0. The van der Waals surface area contributed by atoms with Gasteiger partial charge in [0.1, 0.15) is 72.5 Å². The summed E-state index contributed by atoms with van der Waals surface area (Å²) in [6.07, 6.45) is 12.0. The molecule has 124 heavy (non-hydrogen) atoms. The van der Waals surface area contributed by atoms with Gasteiger partial charge in [-0.2, -0.15) is 0 Å². The summed E-state index contributed by atoms with van der Waals surface area (Å²) in [5.74, 6) is -9.85. The number of nitrogens with two attached hydrogens (primary N) is 7. The molecule has 0 fully saturated rings. The van der Waals surface area contributed by atoms with Crippen LogP contribution in [0.3, 0.4) is 0 Å². The van der Waals surface area contributed by atoms with Crippen LogP contribution < -0.4 is 104 Å². The monoisotopic (exact) mass is 1710 g/mol. The van der Waals surface area contributed by atoms with E-state index in [0.717, 1.165) is 32.7 Å². The fraction of sp³-hybridized carbons (Fsp3) is 0.489. The molecule has 36 nitrogen and oxygen atoms in total. The number of H-pyrrole nitrogens is 4. The van der Waals surface area contributed by atoms with Gasteiger partial charge in [-0.3, -0.25) is 62.3 Å². The van der Waals surface area contributed by atoms with Gasteiger partial charge in [-0.25, -0.2) is 0 Å². The highest BCUT2D eigenvalue weighted by molar-refractivity contribution is 6.01. The topological polar surface area (TPSA) is 612 Å². The first-order valence-corrected chi connectivity index (χ1v) is 43.1. The van der Waals surface area contributed by atoms with E-state index in [1.165, 1.54) is 20.8 Å². The van der Waals surface area contributed by atoms with Crippen LogP contribution in [0, 0.1) is 0 Å². The molecule has 0 aliphatic carbocycles. The van der Waals surface area contributed by atoms with Crippen LogP contribution in [0.4, 0.5) is 0 Å². The highest BCUT2D eigenvalue weighted by Crippen LogP contribution is 2.25. The minimum absolute atomic E-state index is 0.00249. The van der Waals surface area contributed by atoms with E-state index in [4.69, 9.17) is 40.1 Å². The number of fused-ring (bicyclic) bond motifs is 4. The molecule has 0 saturated carbocycles. The predicted octanol–water partition coefficient (Wildman–Crippen LogP) is 1.02. The molecule has 8 aromatic rings. The first-order valence-electron chi connectivity index (χ1n) is 43.1. The normalized spacial score (nSPS) is 14.3. The summed E-state index contributed by atoms with van der Waals surface area (Å²) < 4.78 is 0. The summed E-state index contributed by atoms with van der Waals surface area (Å²) in [6, 6.07) is 13.5. The van der Waals surface area contributed by atoms with Crippen molar-refractivity contribution in [2.75, 3.05) is 39.3 Å². The summed E-state index contributed by atoms with van der Waals surface area (Å²) in [6.45, 7) is 5.72. The van der Waals surface area contributed by atoms with Crippen LogP contribution in [0.2, 0.25) is 0 Å². The quantitative estimate of drug-likeness (QED) is 0.0237. The standard InChI is InChI=1S/C88H127N23O13/c1-52(100-85(121)73(44-55-48-96-63-28-8-4-24-59(55)63)108-80(116)68(102-54(3)112)33-13-19-39-90)78(114)104-69(34-14-20-40-91)82(118)106-72(37-17-23-43-94)84(120)109-74(45-56-49-97-64-29-9-5-25-60(56)64)86(122)101-53(2)79(115)105-70(35-15-21-41-92)83(119)110-76(47-58-51-99-66-31-11-7-27-62(58)66)88(124)111-75(46-57-50-98-65-30-10-6-26-61(57)65)87(123)107-71(36-16-22-42-93)81(117)103-67(77(95)113)32-12-18-38-89/h4-11,24-31,48-53,67-76,96-99H,12-23,32-47,89-94H2,1-3H3,(H2,95,113)(H,100,121)(H,101,122)(H,102,112)(H,103,117)(H,104,114)(H,105,115)(H,106,118)(H,107,123)(H,108,116)(H,109,120)(H,110,119)(H,111,124)/t52-,53-,67-,68-,69-,70-,71-,72-,73-,74-,75-,76-/m0/s1. The Morgan fingerprint density at radius 1 is 0.258 bits per heavy atom. The van der Waals surface area contributed by atoms with Crippen LogP contribution in [0.1, 0.15) is 159 Å². The Morgan fingerprint density at radius 2 is 0.452 bits per heavy atom. The van der Waals surface area contributed by atoms with E-state index in [2.05, 4.69) is 83.7 Å². The van der Waals surface area contributed by atoms with Gasteiger partial charge in [-0.1, -0.05) is 72.8 Å². The molecular weight excluding hydrogens is 1590 g/mol. The molecule has 0 radical (unpaired) electrons. The van der Waals surface area contributed by atoms with Gasteiger partial charge >= 0.3 is 0 Å². The number of primary amides is 1. The van der Waals surface area contributed by atoms with Crippen molar-refractivity contribution in [1.82, 2.24) is 83.7 Å². The predicted molar refractivity (Wildman–Crippen MR) is 475 cm³/mol. The Balaban J connectivity index is 1.02. The molecule has 4 heterocycles. The Morgan fingerprint density at radius 3 is 0.685 bits per heavy atom.